The second kappa shape index (κ2) is 5.65. The average Bonchev–Trinajstić information content (AvgIpc) is 2.83. The quantitative estimate of drug-likeness (QED) is 0.772. The summed E-state index contributed by atoms with van der Waals surface area (Å²) < 4.78 is 5.46. The molecule has 3 fully saturated rings. The highest BCUT2D eigenvalue weighted by molar-refractivity contribution is 5.76. The van der Waals surface area contributed by atoms with Crippen LogP contribution in [-0.4, -0.2) is 53.3 Å². The van der Waals surface area contributed by atoms with Crippen LogP contribution >= 0.6 is 0 Å². The van der Waals surface area contributed by atoms with Gasteiger partial charge in [-0.15, -0.1) is 0 Å². The molecule has 6 nitrogen and oxygen atoms in total. The van der Waals surface area contributed by atoms with E-state index in [0.29, 0.717) is 12.5 Å². The molecule has 0 radical (unpaired) electrons. The van der Waals surface area contributed by atoms with Gasteiger partial charge in [-0.25, -0.2) is 4.79 Å². The Labute approximate surface area is 137 Å². The maximum absolute atomic E-state index is 12.4. The number of amides is 1. The van der Waals surface area contributed by atoms with Crippen LogP contribution in [0.4, 0.5) is 4.79 Å². The molecule has 0 aromatic carbocycles. The summed E-state index contributed by atoms with van der Waals surface area (Å²) in [7, 11) is 0. The van der Waals surface area contributed by atoms with Crippen molar-refractivity contribution in [2.75, 3.05) is 19.6 Å². The number of nitrogens with one attached hydrogen (secondary N) is 1. The number of nitrogens with zero attached hydrogens (tertiary/aromatic N) is 1. The second-order valence-electron chi connectivity index (χ2n) is 8.42. The lowest BCUT2D eigenvalue weighted by Crippen LogP contribution is -2.58. The van der Waals surface area contributed by atoms with Gasteiger partial charge in [-0.3, -0.25) is 4.79 Å². The van der Waals surface area contributed by atoms with E-state index >= 15 is 0 Å². The van der Waals surface area contributed by atoms with E-state index in [4.69, 9.17) is 4.74 Å². The zero-order chi connectivity index (χ0) is 16.8. The Morgan fingerprint density at radius 3 is 2.70 bits per heavy atom. The largest absolute Gasteiger partial charge is 0.481 e. The van der Waals surface area contributed by atoms with Gasteiger partial charge in [-0.2, -0.15) is 0 Å². The Balaban J connectivity index is 1.82. The number of hydrogen-bond acceptors (Lipinski definition) is 4. The highest BCUT2D eigenvalue weighted by Crippen LogP contribution is 2.51. The first kappa shape index (κ1) is 16.6. The van der Waals surface area contributed by atoms with Crippen molar-refractivity contribution in [3.05, 3.63) is 0 Å². The van der Waals surface area contributed by atoms with Crippen molar-refractivity contribution in [3.63, 3.8) is 0 Å². The van der Waals surface area contributed by atoms with Crippen LogP contribution in [0.5, 0.6) is 0 Å². The van der Waals surface area contributed by atoms with E-state index in [1.165, 1.54) is 6.42 Å². The Kier molecular flexibility index (Phi) is 4.07. The molecule has 6 heteroatoms. The first-order chi connectivity index (χ1) is 10.7. The zero-order valence-electron chi connectivity index (χ0n) is 14.3. The third kappa shape index (κ3) is 3.05. The van der Waals surface area contributed by atoms with E-state index in [1.54, 1.807) is 4.90 Å². The van der Waals surface area contributed by atoms with Gasteiger partial charge < -0.3 is 20.1 Å². The van der Waals surface area contributed by atoms with E-state index in [-0.39, 0.29) is 18.0 Å². The Morgan fingerprint density at radius 1 is 1.30 bits per heavy atom. The maximum Gasteiger partial charge on any atom is 0.410 e. The van der Waals surface area contributed by atoms with Crippen LogP contribution in [0, 0.1) is 17.3 Å². The molecule has 4 unspecified atom stereocenters. The number of aliphatic carboxylic acids is 1. The van der Waals surface area contributed by atoms with Crippen molar-refractivity contribution >= 4 is 12.1 Å². The van der Waals surface area contributed by atoms with Crippen LogP contribution in [0.3, 0.4) is 0 Å². The van der Waals surface area contributed by atoms with Crippen molar-refractivity contribution in [1.29, 1.82) is 0 Å². The number of fused-ring (bicyclic) bond motifs is 3. The molecule has 2 saturated heterocycles. The summed E-state index contributed by atoms with van der Waals surface area (Å²) in [6.45, 7) is 7.20. The fourth-order valence-corrected chi connectivity index (χ4v) is 4.67. The summed E-state index contributed by atoms with van der Waals surface area (Å²) in [5.41, 5.74) is -0.911. The van der Waals surface area contributed by atoms with Crippen molar-refractivity contribution < 1.29 is 19.4 Å². The van der Waals surface area contributed by atoms with Gasteiger partial charge in [0.25, 0.3) is 0 Å². The second-order valence-corrected chi connectivity index (χ2v) is 8.42. The predicted molar refractivity (Wildman–Crippen MR) is 85.1 cm³/mol. The first-order valence-electron chi connectivity index (χ1n) is 8.65. The lowest BCUT2D eigenvalue weighted by molar-refractivity contribution is -0.147. The van der Waals surface area contributed by atoms with Crippen molar-refractivity contribution in [3.8, 4) is 0 Å². The fraction of sp³-hybridized carbons (Fsp3) is 0.882. The highest BCUT2D eigenvalue weighted by Gasteiger charge is 2.58. The first-order valence-corrected chi connectivity index (χ1v) is 8.65. The van der Waals surface area contributed by atoms with Gasteiger partial charge in [-0.05, 0) is 58.9 Å². The zero-order valence-corrected chi connectivity index (χ0v) is 14.3. The summed E-state index contributed by atoms with van der Waals surface area (Å²) in [6, 6.07) is 0.198. The standard InChI is InChI=1S/C17H28N2O4/c1-16(2,3)23-15(22)19-9-12(14(20)21)17(10-19)6-4-11-5-7-18-13(17)8-11/h11-13,18H,4-10H2,1-3H3,(H,20,21). The van der Waals surface area contributed by atoms with Gasteiger partial charge in [0, 0.05) is 24.5 Å². The molecule has 3 aliphatic rings. The monoisotopic (exact) mass is 324 g/mol. The molecule has 3 rings (SSSR count). The maximum atomic E-state index is 12.4. The van der Waals surface area contributed by atoms with Crippen LogP contribution in [0.2, 0.25) is 0 Å². The van der Waals surface area contributed by atoms with Crippen LogP contribution in [0.25, 0.3) is 0 Å². The van der Waals surface area contributed by atoms with E-state index < -0.39 is 23.6 Å². The molecule has 23 heavy (non-hydrogen) atoms. The normalized spacial score (nSPS) is 37.0. The predicted octanol–water partition coefficient (Wildman–Crippen LogP) is 2.09. The molecule has 0 aromatic heterocycles. The summed E-state index contributed by atoms with van der Waals surface area (Å²) in [6.07, 6.45) is 3.78. The number of carbonyl (C=O) groups is 2. The van der Waals surface area contributed by atoms with Gasteiger partial charge in [-0.1, -0.05) is 0 Å². The van der Waals surface area contributed by atoms with Gasteiger partial charge in [0.1, 0.15) is 5.60 Å². The number of likely N-dealkylation sites (tertiary alicyclic amines) is 1. The molecule has 1 amide bonds. The van der Waals surface area contributed by atoms with E-state index in [0.717, 1.165) is 25.8 Å². The smallest absolute Gasteiger partial charge is 0.410 e. The Morgan fingerprint density at radius 2 is 2.04 bits per heavy atom. The van der Waals surface area contributed by atoms with Gasteiger partial charge in [0.05, 0.1) is 5.92 Å². The minimum atomic E-state index is -0.790. The number of carbonyl (C=O) groups excluding carboxylic acids is 1. The lowest BCUT2D eigenvalue weighted by Gasteiger charge is -2.49. The molecule has 2 heterocycles. The topological polar surface area (TPSA) is 78.9 Å². The molecule has 2 aliphatic heterocycles. The molecule has 1 spiro atoms. The molecule has 1 saturated carbocycles. The van der Waals surface area contributed by atoms with Crippen molar-refractivity contribution in [1.82, 2.24) is 10.2 Å². The third-order valence-electron chi connectivity index (χ3n) is 5.76. The van der Waals surface area contributed by atoms with Gasteiger partial charge in [0.15, 0.2) is 0 Å². The minimum absolute atomic E-state index is 0.198. The van der Waals surface area contributed by atoms with Crippen molar-refractivity contribution in [2.24, 2.45) is 17.3 Å². The molecular weight excluding hydrogens is 296 g/mol. The average molecular weight is 324 g/mol. The fourth-order valence-electron chi connectivity index (χ4n) is 4.67. The Hall–Kier alpha value is -1.30. The number of ether oxygens (including phenoxy) is 1. The summed E-state index contributed by atoms with van der Waals surface area (Å²) in [5, 5.41) is 13.3. The molecule has 130 valence electrons. The van der Waals surface area contributed by atoms with E-state index in [9.17, 15) is 14.7 Å². The summed E-state index contributed by atoms with van der Waals surface area (Å²) >= 11 is 0. The lowest BCUT2D eigenvalue weighted by atomic mass is 9.60. The number of piperidine rings is 1. The Bertz CT molecular complexity index is 501. The third-order valence-corrected chi connectivity index (χ3v) is 5.76. The van der Waals surface area contributed by atoms with Crippen LogP contribution in [-0.2, 0) is 9.53 Å². The summed E-state index contributed by atoms with van der Waals surface area (Å²) in [5.74, 6) is -0.592. The number of rotatable bonds is 1. The highest BCUT2D eigenvalue weighted by atomic mass is 16.6. The van der Waals surface area contributed by atoms with Gasteiger partial charge in [0.2, 0.25) is 0 Å². The van der Waals surface area contributed by atoms with E-state index in [2.05, 4.69) is 5.32 Å². The SMILES string of the molecule is CC(C)(C)OC(=O)N1CC(C(=O)O)C2(CCC3CCNC2C3)C1. The van der Waals surface area contributed by atoms with Gasteiger partial charge >= 0.3 is 12.1 Å². The van der Waals surface area contributed by atoms with Crippen LogP contribution < -0.4 is 5.32 Å². The molecule has 0 aromatic rings. The van der Waals surface area contributed by atoms with Crippen LogP contribution in [0.15, 0.2) is 0 Å². The summed E-state index contributed by atoms with van der Waals surface area (Å²) in [4.78, 5) is 25.9. The number of hydrogen-bond donors (Lipinski definition) is 2. The number of carboxylic acid groups (broad SMARTS) is 1. The molecule has 4 atom stereocenters. The van der Waals surface area contributed by atoms with Crippen molar-refractivity contribution in [2.45, 2.75) is 58.1 Å². The molecular formula is C17H28N2O4. The minimum Gasteiger partial charge on any atom is -0.481 e. The number of carboxylic acids is 1. The molecule has 2 bridgehead atoms. The van der Waals surface area contributed by atoms with E-state index in [1.807, 2.05) is 20.8 Å². The molecule has 2 N–H and O–H groups in total. The van der Waals surface area contributed by atoms with Crippen LogP contribution in [0.1, 0.15) is 46.5 Å². The molecule has 1 aliphatic carbocycles.